The Labute approximate surface area is 137 Å². The second kappa shape index (κ2) is 6.23. The van der Waals surface area contributed by atoms with Gasteiger partial charge in [-0.2, -0.15) is 0 Å². The van der Waals surface area contributed by atoms with E-state index >= 15 is 0 Å². The molecule has 0 saturated carbocycles. The summed E-state index contributed by atoms with van der Waals surface area (Å²) in [5, 5.41) is 8.15. The van der Waals surface area contributed by atoms with E-state index in [4.69, 9.17) is 10.1 Å². The highest BCUT2D eigenvalue weighted by molar-refractivity contribution is 6.09. The average Bonchev–Trinajstić information content (AvgIpc) is 2.98. The highest BCUT2D eigenvalue weighted by Crippen LogP contribution is 2.37. The maximum atomic E-state index is 14.0. The van der Waals surface area contributed by atoms with Gasteiger partial charge in [-0.1, -0.05) is 6.08 Å². The summed E-state index contributed by atoms with van der Waals surface area (Å²) in [4.78, 5) is 7.31. The molecule has 3 aromatic rings. The van der Waals surface area contributed by atoms with Crippen LogP contribution in [0.1, 0.15) is 12.5 Å². The van der Waals surface area contributed by atoms with Crippen molar-refractivity contribution >= 4 is 22.8 Å². The van der Waals surface area contributed by atoms with Crippen LogP contribution < -0.4 is 4.74 Å². The zero-order chi connectivity index (χ0) is 17.3. The number of nitrogens with zero attached hydrogens (tertiary/aromatic N) is 1. The highest BCUT2D eigenvalue weighted by Gasteiger charge is 2.17. The van der Waals surface area contributed by atoms with E-state index in [0.717, 1.165) is 11.6 Å². The molecule has 0 radical (unpaired) electrons. The van der Waals surface area contributed by atoms with Gasteiger partial charge in [0.2, 0.25) is 0 Å². The van der Waals surface area contributed by atoms with E-state index in [1.54, 1.807) is 18.5 Å². The first-order chi connectivity index (χ1) is 11.6. The maximum absolute atomic E-state index is 14.0. The lowest BCUT2D eigenvalue weighted by Crippen LogP contribution is -1.94. The molecule has 0 saturated heterocycles. The van der Waals surface area contributed by atoms with E-state index in [0.29, 0.717) is 27.7 Å². The summed E-state index contributed by atoms with van der Waals surface area (Å²) in [5.74, 6) is -1.48. The predicted molar refractivity (Wildman–Crippen MR) is 90.4 cm³/mol. The predicted octanol–water partition coefficient (Wildman–Crippen LogP) is 4.57. The van der Waals surface area contributed by atoms with E-state index in [1.165, 1.54) is 19.4 Å². The van der Waals surface area contributed by atoms with E-state index in [2.05, 4.69) is 9.97 Å². The summed E-state index contributed by atoms with van der Waals surface area (Å²) < 4.78 is 32.8. The SMILES string of the molecule is C/C=C(\C=N)c1cnc2[nH]cc(-c3cc(F)cc(F)c3OC)c2c1. The van der Waals surface area contributed by atoms with Gasteiger partial charge in [0.1, 0.15) is 11.5 Å². The zero-order valence-electron chi connectivity index (χ0n) is 13.2. The number of hydrogen-bond donors (Lipinski definition) is 2. The molecule has 0 aliphatic carbocycles. The molecule has 0 aliphatic rings. The highest BCUT2D eigenvalue weighted by atomic mass is 19.1. The lowest BCUT2D eigenvalue weighted by molar-refractivity contribution is 0.386. The minimum Gasteiger partial charge on any atom is -0.493 e. The van der Waals surface area contributed by atoms with Crippen LogP contribution in [-0.2, 0) is 0 Å². The largest absolute Gasteiger partial charge is 0.493 e. The summed E-state index contributed by atoms with van der Waals surface area (Å²) >= 11 is 0. The third kappa shape index (κ3) is 2.56. The molecule has 0 atom stereocenters. The van der Waals surface area contributed by atoms with Crippen LogP contribution in [-0.4, -0.2) is 23.3 Å². The molecule has 3 rings (SSSR count). The van der Waals surface area contributed by atoms with Gasteiger partial charge in [0.05, 0.1) is 7.11 Å². The topological polar surface area (TPSA) is 61.8 Å². The molecule has 0 fully saturated rings. The van der Waals surface area contributed by atoms with Crippen LogP contribution in [0.5, 0.6) is 5.75 Å². The Morgan fingerprint density at radius 2 is 2.04 bits per heavy atom. The van der Waals surface area contributed by atoms with Gasteiger partial charge < -0.3 is 15.1 Å². The van der Waals surface area contributed by atoms with Crippen molar-refractivity contribution in [2.24, 2.45) is 0 Å². The smallest absolute Gasteiger partial charge is 0.168 e. The number of H-pyrrole nitrogens is 1. The van der Waals surface area contributed by atoms with Crippen LogP contribution in [0.3, 0.4) is 0 Å². The standard InChI is InChI=1S/C18H15F2N3O/c1-3-10(7-21)11-4-14-15(9-23-18(14)22-8-11)13-5-12(19)6-16(20)17(13)24-2/h3-9,21H,1-2H3,(H,22,23)/b10-3+,21-7?. The molecule has 122 valence electrons. The van der Waals surface area contributed by atoms with E-state index in [9.17, 15) is 8.78 Å². The molecule has 2 N–H and O–H groups in total. The van der Waals surface area contributed by atoms with Gasteiger partial charge in [-0.05, 0) is 24.6 Å². The number of ether oxygens (including phenoxy) is 1. The third-order valence-electron chi connectivity index (χ3n) is 3.83. The fraction of sp³-hybridized carbons (Fsp3) is 0.111. The molecule has 2 aromatic heterocycles. The number of pyridine rings is 1. The molecule has 0 bridgehead atoms. The molecule has 0 aliphatic heterocycles. The Hall–Kier alpha value is -3.02. The Kier molecular flexibility index (Phi) is 4.12. The number of benzene rings is 1. The molecular weight excluding hydrogens is 312 g/mol. The number of aromatic amines is 1. The Balaban J connectivity index is 2.28. The van der Waals surface area contributed by atoms with Crippen molar-refractivity contribution in [2.75, 3.05) is 7.11 Å². The number of methoxy groups -OCH3 is 1. The van der Waals surface area contributed by atoms with Crippen molar-refractivity contribution in [3.63, 3.8) is 0 Å². The average molecular weight is 327 g/mol. The molecule has 24 heavy (non-hydrogen) atoms. The van der Waals surface area contributed by atoms with Crippen molar-refractivity contribution in [2.45, 2.75) is 6.92 Å². The van der Waals surface area contributed by atoms with Crippen LogP contribution in [0, 0.1) is 17.0 Å². The van der Waals surface area contributed by atoms with Gasteiger partial charge in [-0.25, -0.2) is 13.8 Å². The first-order valence-corrected chi connectivity index (χ1v) is 7.26. The Morgan fingerprint density at radius 3 is 2.71 bits per heavy atom. The van der Waals surface area contributed by atoms with Crippen LogP contribution in [0.2, 0.25) is 0 Å². The van der Waals surface area contributed by atoms with Gasteiger partial charge >= 0.3 is 0 Å². The quantitative estimate of drug-likeness (QED) is 0.690. The second-order valence-electron chi connectivity index (χ2n) is 5.18. The Bertz CT molecular complexity index is 960. The third-order valence-corrected chi connectivity index (χ3v) is 3.83. The number of halogens is 2. The number of nitrogens with one attached hydrogen (secondary N) is 2. The summed E-state index contributed by atoms with van der Waals surface area (Å²) in [7, 11) is 1.34. The van der Waals surface area contributed by atoms with Gasteiger partial charge in [-0.3, -0.25) is 0 Å². The number of fused-ring (bicyclic) bond motifs is 1. The second-order valence-corrected chi connectivity index (χ2v) is 5.18. The van der Waals surface area contributed by atoms with Crippen molar-refractivity contribution in [3.05, 3.63) is 53.9 Å². The normalized spacial score (nSPS) is 11.8. The molecular formula is C18H15F2N3O. The van der Waals surface area contributed by atoms with Gasteiger partial charge in [0.25, 0.3) is 0 Å². The molecule has 0 unspecified atom stereocenters. The summed E-state index contributed by atoms with van der Waals surface area (Å²) in [6.07, 6.45) is 6.31. The van der Waals surface area contributed by atoms with E-state index in [-0.39, 0.29) is 5.75 Å². The fourth-order valence-corrected chi connectivity index (χ4v) is 2.69. The first-order valence-electron chi connectivity index (χ1n) is 7.26. The number of aromatic nitrogens is 2. The van der Waals surface area contributed by atoms with Crippen LogP contribution >= 0.6 is 0 Å². The molecule has 0 amide bonds. The minimum atomic E-state index is -0.764. The summed E-state index contributed by atoms with van der Waals surface area (Å²) in [5.41, 5.74) is 2.92. The lowest BCUT2D eigenvalue weighted by atomic mass is 10.0. The maximum Gasteiger partial charge on any atom is 0.168 e. The Morgan fingerprint density at radius 1 is 1.25 bits per heavy atom. The zero-order valence-corrected chi connectivity index (χ0v) is 13.2. The van der Waals surface area contributed by atoms with E-state index < -0.39 is 11.6 Å². The van der Waals surface area contributed by atoms with Crippen molar-refractivity contribution in [3.8, 4) is 16.9 Å². The van der Waals surface area contributed by atoms with Crippen molar-refractivity contribution in [1.82, 2.24) is 9.97 Å². The number of allylic oxidation sites excluding steroid dienone is 2. The van der Waals surface area contributed by atoms with E-state index in [1.807, 2.05) is 13.0 Å². The summed E-state index contributed by atoms with van der Waals surface area (Å²) in [6, 6.07) is 3.84. The number of rotatable bonds is 4. The lowest BCUT2D eigenvalue weighted by Gasteiger charge is -2.09. The molecule has 0 spiro atoms. The van der Waals surface area contributed by atoms with Crippen molar-refractivity contribution < 1.29 is 13.5 Å². The van der Waals surface area contributed by atoms with Gasteiger partial charge in [0, 0.05) is 46.8 Å². The first kappa shape index (κ1) is 15.9. The monoisotopic (exact) mass is 327 g/mol. The number of hydrogen-bond acceptors (Lipinski definition) is 3. The van der Waals surface area contributed by atoms with Crippen LogP contribution in [0.15, 0.2) is 36.7 Å². The fourth-order valence-electron chi connectivity index (χ4n) is 2.69. The molecule has 1 aromatic carbocycles. The molecule has 4 nitrogen and oxygen atoms in total. The van der Waals surface area contributed by atoms with Gasteiger partial charge in [0.15, 0.2) is 11.6 Å². The van der Waals surface area contributed by atoms with Crippen LogP contribution in [0.4, 0.5) is 8.78 Å². The summed E-state index contributed by atoms with van der Waals surface area (Å²) in [6.45, 7) is 1.83. The van der Waals surface area contributed by atoms with Crippen molar-refractivity contribution in [1.29, 1.82) is 5.41 Å². The molecule has 2 heterocycles. The minimum absolute atomic E-state index is 0.0268. The van der Waals surface area contributed by atoms with Crippen LogP contribution in [0.25, 0.3) is 27.7 Å². The van der Waals surface area contributed by atoms with Gasteiger partial charge in [-0.15, -0.1) is 0 Å². The molecule has 6 heteroatoms.